The molecule has 1 aromatic carbocycles. The second-order valence-corrected chi connectivity index (χ2v) is 8.28. The average Bonchev–Trinajstić information content (AvgIpc) is 2.81. The number of aromatic nitrogens is 1. The van der Waals surface area contributed by atoms with E-state index in [1.54, 1.807) is 35.7 Å². The molecule has 0 aliphatic carbocycles. The van der Waals surface area contributed by atoms with Crippen LogP contribution in [0.5, 0.6) is 0 Å². The molecule has 0 aliphatic rings. The molecule has 5 nitrogen and oxygen atoms in total. The molecule has 0 amide bonds. The van der Waals surface area contributed by atoms with Crippen molar-refractivity contribution in [3.63, 3.8) is 0 Å². The summed E-state index contributed by atoms with van der Waals surface area (Å²) < 4.78 is 27.1. The lowest BCUT2D eigenvalue weighted by Gasteiger charge is -2.08. The molecule has 3 rings (SSSR count). The summed E-state index contributed by atoms with van der Waals surface area (Å²) in [6, 6.07) is 7.19. The summed E-state index contributed by atoms with van der Waals surface area (Å²) in [4.78, 5) is 4.24. The molecule has 0 aliphatic heterocycles. The van der Waals surface area contributed by atoms with Gasteiger partial charge >= 0.3 is 0 Å². The van der Waals surface area contributed by atoms with Crippen LogP contribution >= 0.6 is 27.3 Å². The number of benzene rings is 1. The number of nitrogens with zero attached hydrogens (tertiary/aromatic N) is 1. The molecule has 0 unspecified atom stereocenters. The molecule has 22 heavy (non-hydrogen) atoms. The van der Waals surface area contributed by atoms with Crippen molar-refractivity contribution in [1.29, 1.82) is 0 Å². The lowest BCUT2D eigenvalue weighted by atomic mass is 10.1. The van der Waals surface area contributed by atoms with Crippen molar-refractivity contribution in [2.45, 2.75) is 0 Å². The average molecular weight is 398 g/mol. The Morgan fingerprint density at radius 3 is 2.86 bits per heavy atom. The summed E-state index contributed by atoms with van der Waals surface area (Å²) in [6.07, 6.45) is 2.83. The van der Waals surface area contributed by atoms with Crippen LogP contribution in [0, 0.1) is 0 Å². The Balaban J connectivity index is 2.16. The van der Waals surface area contributed by atoms with E-state index >= 15 is 0 Å². The lowest BCUT2D eigenvalue weighted by Crippen LogP contribution is -2.09. The summed E-state index contributed by atoms with van der Waals surface area (Å²) in [7, 11) is -3.31. The number of pyridine rings is 1. The van der Waals surface area contributed by atoms with Crippen molar-refractivity contribution in [3.8, 4) is 11.1 Å². The SMILES string of the molecule is CS(=O)(=O)Nc1cccc(-c2cnc(N)c3c(Br)csc23)c1. The fourth-order valence-corrected chi connectivity index (χ4v) is 4.54. The van der Waals surface area contributed by atoms with Crippen LogP contribution in [0.4, 0.5) is 11.5 Å². The van der Waals surface area contributed by atoms with Crippen LogP contribution in [-0.2, 0) is 10.0 Å². The molecule has 8 heteroatoms. The van der Waals surface area contributed by atoms with Gasteiger partial charge in [-0.3, -0.25) is 4.72 Å². The monoisotopic (exact) mass is 397 g/mol. The third-order valence-corrected chi connectivity index (χ3v) is 5.60. The molecule has 0 bridgehead atoms. The maximum atomic E-state index is 11.4. The summed E-state index contributed by atoms with van der Waals surface area (Å²) >= 11 is 5.04. The zero-order valence-electron chi connectivity index (χ0n) is 11.5. The molecule has 0 saturated heterocycles. The number of sulfonamides is 1. The molecule has 0 atom stereocenters. The van der Waals surface area contributed by atoms with Gasteiger partial charge in [-0.15, -0.1) is 11.3 Å². The van der Waals surface area contributed by atoms with E-state index < -0.39 is 10.0 Å². The van der Waals surface area contributed by atoms with E-state index in [0.717, 1.165) is 31.9 Å². The quantitative estimate of drug-likeness (QED) is 0.705. The number of hydrogen-bond acceptors (Lipinski definition) is 5. The van der Waals surface area contributed by atoms with Gasteiger partial charge in [-0.05, 0) is 33.6 Å². The normalized spacial score (nSPS) is 11.7. The van der Waals surface area contributed by atoms with Gasteiger partial charge in [-0.2, -0.15) is 0 Å². The van der Waals surface area contributed by atoms with E-state index in [9.17, 15) is 8.42 Å². The van der Waals surface area contributed by atoms with Crippen molar-refractivity contribution < 1.29 is 8.42 Å². The second-order valence-electron chi connectivity index (χ2n) is 4.80. The van der Waals surface area contributed by atoms with E-state index in [1.165, 1.54) is 0 Å². The van der Waals surface area contributed by atoms with Crippen LogP contribution in [0.3, 0.4) is 0 Å². The molecule has 0 saturated carbocycles. The van der Waals surface area contributed by atoms with Crippen LogP contribution in [0.25, 0.3) is 21.2 Å². The Morgan fingerprint density at radius 2 is 2.14 bits per heavy atom. The Labute approximate surface area is 140 Å². The fourth-order valence-electron chi connectivity index (χ4n) is 2.20. The van der Waals surface area contributed by atoms with Crippen LogP contribution in [0.15, 0.2) is 40.3 Å². The Bertz CT molecular complexity index is 967. The van der Waals surface area contributed by atoms with E-state index in [1.807, 2.05) is 11.4 Å². The number of thiophene rings is 1. The van der Waals surface area contributed by atoms with Crippen LogP contribution in [0.1, 0.15) is 0 Å². The standard InChI is InChI=1S/C14H12BrN3O2S2/c1-22(19,20)18-9-4-2-3-8(5-9)10-6-17-14(16)12-11(15)7-21-13(10)12/h2-7,18H,1H3,(H2,16,17). The number of anilines is 2. The van der Waals surface area contributed by atoms with E-state index in [2.05, 4.69) is 25.6 Å². The minimum atomic E-state index is -3.31. The minimum Gasteiger partial charge on any atom is -0.383 e. The molecule has 0 fully saturated rings. The van der Waals surface area contributed by atoms with Gasteiger partial charge in [-0.1, -0.05) is 12.1 Å². The fraction of sp³-hybridized carbons (Fsp3) is 0.0714. The molecule has 2 heterocycles. The van der Waals surface area contributed by atoms with Crippen LogP contribution in [-0.4, -0.2) is 19.7 Å². The van der Waals surface area contributed by atoms with Crippen molar-refractivity contribution in [3.05, 3.63) is 40.3 Å². The molecule has 2 aromatic heterocycles. The Kier molecular flexibility index (Phi) is 3.84. The highest BCUT2D eigenvalue weighted by molar-refractivity contribution is 9.10. The number of fused-ring (bicyclic) bond motifs is 1. The smallest absolute Gasteiger partial charge is 0.229 e. The molecule has 0 radical (unpaired) electrons. The largest absolute Gasteiger partial charge is 0.383 e. The molecule has 3 aromatic rings. The van der Waals surface area contributed by atoms with E-state index in [0.29, 0.717) is 11.5 Å². The third-order valence-electron chi connectivity index (χ3n) is 3.06. The first-order valence-electron chi connectivity index (χ1n) is 6.24. The summed E-state index contributed by atoms with van der Waals surface area (Å²) in [5, 5.41) is 2.84. The predicted molar refractivity (Wildman–Crippen MR) is 95.6 cm³/mol. The highest BCUT2D eigenvalue weighted by Gasteiger charge is 2.13. The van der Waals surface area contributed by atoms with Crippen LogP contribution in [0.2, 0.25) is 0 Å². The third kappa shape index (κ3) is 2.94. The number of halogens is 1. The lowest BCUT2D eigenvalue weighted by molar-refractivity contribution is 0.607. The number of nitrogen functional groups attached to an aromatic ring is 1. The number of rotatable bonds is 3. The maximum absolute atomic E-state index is 11.4. The Hall–Kier alpha value is -1.64. The highest BCUT2D eigenvalue weighted by atomic mass is 79.9. The van der Waals surface area contributed by atoms with Gasteiger partial charge in [0.1, 0.15) is 5.82 Å². The first-order chi connectivity index (χ1) is 10.3. The second kappa shape index (κ2) is 5.53. The Morgan fingerprint density at radius 1 is 1.36 bits per heavy atom. The zero-order valence-corrected chi connectivity index (χ0v) is 14.7. The van der Waals surface area contributed by atoms with Crippen LogP contribution < -0.4 is 10.5 Å². The van der Waals surface area contributed by atoms with Crippen molar-refractivity contribution in [1.82, 2.24) is 4.98 Å². The van der Waals surface area contributed by atoms with Gasteiger partial charge in [0.15, 0.2) is 0 Å². The summed E-state index contributed by atoms with van der Waals surface area (Å²) in [5.41, 5.74) is 8.24. The van der Waals surface area contributed by atoms with Crippen molar-refractivity contribution >= 4 is 58.9 Å². The van der Waals surface area contributed by atoms with Gasteiger partial charge in [0, 0.05) is 37.4 Å². The van der Waals surface area contributed by atoms with Crippen molar-refractivity contribution in [2.75, 3.05) is 16.7 Å². The summed E-state index contributed by atoms with van der Waals surface area (Å²) in [6.45, 7) is 0. The molecule has 114 valence electrons. The number of hydrogen-bond donors (Lipinski definition) is 2. The van der Waals surface area contributed by atoms with Gasteiger partial charge in [-0.25, -0.2) is 13.4 Å². The van der Waals surface area contributed by atoms with Gasteiger partial charge < -0.3 is 5.73 Å². The number of nitrogens with one attached hydrogen (secondary N) is 1. The van der Waals surface area contributed by atoms with Crippen molar-refractivity contribution in [2.24, 2.45) is 0 Å². The van der Waals surface area contributed by atoms with Gasteiger partial charge in [0.05, 0.1) is 6.26 Å². The molecule has 0 spiro atoms. The predicted octanol–water partition coefficient (Wildman–Crippen LogP) is 3.68. The number of nitrogens with two attached hydrogens (primary N) is 1. The molecular weight excluding hydrogens is 386 g/mol. The zero-order chi connectivity index (χ0) is 15.9. The minimum absolute atomic E-state index is 0.470. The maximum Gasteiger partial charge on any atom is 0.229 e. The first-order valence-corrected chi connectivity index (χ1v) is 9.81. The van der Waals surface area contributed by atoms with E-state index in [-0.39, 0.29) is 0 Å². The van der Waals surface area contributed by atoms with Gasteiger partial charge in [0.2, 0.25) is 10.0 Å². The van der Waals surface area contributed by atoms with E-state index in [4.69, 9.17) is 5.73 Å². The first kappa shape index (κ1) is 15.3. The highest BCUT2D eigenvalue weighted by Crippen LogP contribution is 2.39. The van der Waals surface area contributed by atoms with Gasteiger partial charge in [0.25, 0.3) is 0 Å². The molecule has 3 N–H and O–H groups in total. The molecular formula is C14H12BrN3O2S2. The summed E-state index contributed by atoms with van der Waals surface area (Å²) in [5.74, 6) is 0.470. The topological polar surface area (TPSA) is 85.1 Å².